The number of carbonyl (C=O) groups excluding carboxylic acids is 2. The van der Waals surface area contributed by atoms with Crippen molar-refractivity contribution in [3.63, 3.8) is 0 Å². The van der Waals surface area contributed by atoms with Crippen molar-refractivity contribution in [1.82, 2.24) is 0 Å². The highest BCUT2D eigenvalue weighted by Crippen LogP contribution is 2.23. The Morgan fingerprint density at radius 2 is 2.00 bits per heavy atom. The smallest absolute Gasteiger partial charge is 0.347 e. The molecule has 104 valence electrons. The van der Waals surface area contributed by atoms with Crippen molar-refractivity contribution in [3.8, 4) is 5.75 Å². The minimum absolute atomic E-state index is 0.141. The molecule has 0 radical (unpaired) electrons. The van der Waals surface area contributed by atoms with Gasteiger partial charge in [-0.05, 0) is 31.5 Å². The molecule has 19 heavy (non-hydrogen) atoms. The molecule has 1 aromatic rings. The molecule has 0 heterocycles. The van der Waals surface area contributed by atoms with Crippen LogP contribution in [-0.2, 0) is 9.53 Å². The fraction of sp³-hybridized carbons (Fsp3) is 0.385. The molecule has 1 amide bonds. The molecule has 4 N–H and O–H groups in total. The molecule has 1 unspecified atom stereocenters. The zero-order valence-electron chi connectivity index (χ0n) is 11.0. The Balaban J connectivity index is 2.97. The van der Waals surface area contributed by atoms with Gasteiger partial charge in [-0.15, -0.1) is 0 Å². The van der Waals surface area contributed by atoms with Crippen LogP contribution in [0.2, 0.25) is 0 Å². The average molecular weight is 266 g/mol. The summed E-state index contributed by atoms with van der Waals surface area (Å²) in [4.78, 5) is 22.9. The lowest BCUT2D eigenvalue weighted by Gasteiger charge is -2.17. The van der Waals surface area contributed by atoms with E-state index in [-0.39, 0.29) is 17.9 Å². The molecule has 6 nitrogen and oxygen atoms in total. The number of ether oxygens (including phenoxy) is 2. The van der Waals surface area contributed by atoms with Crippen LogP contribution in [-0.4, -0.2) is 24.6 Å². The van der Waals surface area contributed by atoms with Crippen molar-refractivity contribution in [3.05, 3.63) is 23.8 Å². The number of benzene rings is 1. The topological polar surface area (TPSA) is 105 Å². The second-order valence-corrected chi connectivity index (χ2v) is 3.89. The minimum Gasteiger partial charge on any atom is -0.478 e. The summed E-state index contributed by atoms with van der Waals surface area (Å²) in [6.45, 7) is 3.76. The highest BCUT2D eigenvalue weighted by atomic mass is 16.6. The van der Waals surface area contributed by atoms with Crippen LogP contribution in [0.3, 0.4) is 0 Å². The Labute approximate surface area is 111 Å². The highest BCUT2D eigenvalue weighted by molar-refractivity contribution is 5.96. The van der Waals surface area contributed by atoms with Gasteiger partial charge in [0.05, 0.1) is 12.2 Å². The molecule has 0 fully saturated rings. The van der Waals surface area contributed by atoms with E-state index in [4.69, 9.17) is 20.9 Å². The van der Waals surface area contributed by atoms with Crippen molar-refractivity contribution >= 4 is 17.6 Å². The lowest BCUT2D eigenvalue weighted by Crippen LogP contribution is -2.29. The van der Waals surface area contributed by atoms with E-state index >= 15 is 0 Å². The van der Waals surface area contributed by atoms with Gasteiger partial charge in [0.25, 0.3) is 5.91 Å². The van der Waals surface area contributed by atoms with Crippen molar-refractivity contribution in [2.24, 2.45) is 5.73 Å². The van der Waals surface area contributed by atoms with Gasteiger partial charge in [0.15, 0.2) is 6.10 Å². The third kappa shape index (κ3) is 3.87. The summed E-state index contributed by atoms with van der Waals surface area (Å²) in [5.41, 5.74) is 11.4. The van der Waals surface area contributed by atoms with Gasteiger partial charge in [0, 0.05) is 5.69 Å². The third-order valence-corrected chi connectivity index (χ3v) is 2.46. The molecule has 0 bridgehead atoms. The first-order valence-electron chi connectivity index (χ1n) is 6.02. The van der Waals surface area contributed by atoms with Gasteiger partial charge in [-0.3, -0.25) is 4.79 Å². The summed E-state index contributed by atoms with van der Waals surface area (Å²) in [6, 6.07) is 4.49. The predicted octanol–water partition coefficient (Wildman–Crippen LogP) is 1.09. The van der Waals surface area contributed by atoms with Crippen molar-refractivity contribution in [2.75, 3.05) is 12.3 Å². The number of anilines is 1. The van der Waals surface area contributed by atoms with Crippen LogP contribution in [0.1, 0.15) is 30.6 Å². The first-order chi connectivity index (χ1) is 8.99. The number of amides is 1. The molecule has 0 aromatic heterocycles. The van der Waals surface area contributed by atoms with Crippen LogP contribution in [0.5, 0.6) is 5.75 Å². The number of primary amides is 1. The number of hydrogen-bond donors (Lipinski definition) is 2. The molecule has 1 atom stereocenters. The van der Waals surface area contributed by atoms with E-state index in [0.717, 1.165) is 0 Å². The first-order valence-corrected chi connectivity index (χ1v) is 6.02. The molecule has 0 aliphatic carbocycles. The molecular formula is C13H18N2O4. The molecule has 0 spiro atoms. The molecule has 0 saturated carbocycles. The SMILES string of the molecule is CCOC(=O)C(CC)Oc1ccc(N)cc1C(N)=O. The summed E-state index contributed by atoms with van der Waals surface area (Å²) in [6.07, 6.45) is -0.358. The second-order valence-electron chi connectivity index (χ2n) is 3.89. The van der Waals surface area contributed by atoms with E-state index in [1.807, 2.05) is 0 Å². The predicted molar refractivity (Wildman–Crippen MR) is 70.7 cm³/mol. The normalized spacial score (nSPS) is 11.7. The molecule has 1 aromatic carbocycles. The van der Waals surface area contributed by atoms with E-state index in [9.17, 15) is 9.59 Å². The van der Waals surface area contributed by atoms with Gasteiger partial charge in [-0.2, -0.15) is 0 Å². The van der Waals surface area contributed by atoms with E-state index in [2.05, 4.69) is 0 Å². The van der Waals surface area contributed by atoms with Crippen molar-refractivity contribution in [1.29, 1.82) is 0 Å². The minimum atomic E-state index is -0.776. The van der Waals surface area contributed by atoms with Gasteiger partial charge in [0.1, 0.15) is 5.75 Å². The Morgan fingerprint density at radius 1 is 1.32 bits per heavy atom. The number of nitrogens with two attached hydrogens (primary N) is 2. The highest BCUT2D eigenvalue weighted by Gasteiger charge is 2.22. The second kappa shape index (κ2) is 6.63. The average Bonchev–Trinajstić information content (AvgIpc) is 2.37. The summed E-state index contributed by atoms with van der Waals surface area (Å²) in [7, 11) is 0. The van der Waals surface area contributed by atoms with E-state index in [1.54, 1.807) is 19.9 Å². The summed E-state index contributed by atoms with van der Waals surface area (Å²) in [5, 5.41) is 0. The van der Waals surface area contributed by atoms with Crippen molar-refractivity contribution < 1.29 is 19.1 Å². The number of hydrogen-bond acceptors (Lipinski definition) is 5. The molecular weight excluding hydrogens is 248 g/mol. The van der Waals surface area contributed by atoms with Crippen molar-refractivity contribution in [2.45, 2.75) is 26.4 Å². The number of esters is 1. The van der Waals surface area contributed by atoms with Crippen LogP contribution in [0.4, 0.5) is 5.69 Å². The Kier molecular flexibility index (Phi) is 5.17. The fourth-order valence-electron chi connectivity index (χ4n) is 1.53. The number of rotatable bonds is 6. The monoisotopic (exact) mass is 266 g/mol. The van der Waals surface area contributed by atoms with Gasteiger partial charge in [-0.25, -0.2) is 4.79 Å². The maximum Gasteiger partial charge on any atom is 0.347 e. The maximum atomic E-state index is 11.6. The standard InChI is InChI=1S/C13H18N2O4/c1-3-10(13(17)18-4-2)19-11-6-5-8(14)7-9(11)12(15)16/h5-7,10H,3-4,14H2,1-2H3,(H2,15,16). The van der Waals surface area contributed by atoms with Gasteiger partial charge < -0.3 is 20.9 Å². The Morgan fingerprint density at radius 3 is 2.53 bits per heavy atom. The third-order valence-electron chi connectivity index (χ3n) is 2.46. The van der Waals surface area contributed by atoms with Crippen LogP contribution in [0, 0.1) is 0 Å². The summed E-state index contributed by atoms with van der Waals surface area (Å²) >= 11 is 0. The quantitative estimate of drug-likeness (QED) is 0.592. The van der Waals surface area contributed by atoms with E-state index in [1.165, 1.54) is 12.1 Å². The number of nitrogen functional groups attached to an aromatic ring is 1. The van der Waals surface area contributed by atoms with Crippen LogP contribution in [0.25, 0.3) is 0 Å². The lowest BCUT2D eigenvalue weighted by molar-refractivity contribution is -0.151. The number of carbonyl (C=O) groups is 2. The van der Waals surface area contributed by atoms with Gasteiger partial charge >= 0.3 is 5.97 Å². The van der Waals surface area contributed by atoms with E-state index in [0.29, 0.717) is 12.1 Å². The first kappa shape index (κ1) is 14.8. The van der Waals surface area contributed by atoms with Gasteiger partial charge in [-0.1, -0.05) is 6.92 Å². The zero-order valence-corrected chi connectivity index (χ0v) is 11.0. The lowest BCUT2D eigenvalue weighted by atomic mass is 10.1. The Bertz CT molecular complexity index is 474. The zero-order chi connectivity index (χ0) is 14.4. The summed E-state index contributed by atoms with van der Waals surface area (Å²) < 4.78 is 10.4. The summed E-state index contributed by atoms with van der Waals surface area (Å²) in [5.74, 6) is -0.917. The van der Waals surface area contributed by atoms with Crippen LogP contribution in [0.15, 0.2) is 18.2 Å². The largest absolute Gasteiger partial charge is 0.478 e. The van der Waals surface area contributed by atoms with E-state index < -0.39 is 18.0 Å². The molecule has 0 aliphatic rings. The fourth-order valence-corrected chi connectivity index (χ4v) is 1.53. The molecule has 0 aliphatic heterocycles. The van der Waals surface area contributed by atoms with Gasteiger partial charge in [0.2, 0.25) is 0 Å². The van der Waals surface area contributed by atoms with Crippen LogP contribution >= 0.6 is 0 Å². The molecule has 6 heteroatoms. The maximum absolute atomic E-state index is 11.6. The Hall–Kier alpha value is -2.24. The molecule has 0 saturated heterocycles. The van der Waals surface area contributed by atoms with Crippen LogP contribution < -0.4 is 16.2 Å². The molecule has 1 rings (SSSR count).